The molecule has 0 fully saturated rings. The van der Waals surface area contributed by atoms with E-state index in [0.717, 1.165) is 0 Å². The largest absolute Gasteiger partial charge is 0.497 e. The Bertz CT molecular complexity index is 820. The number of hydrogen-bond acceptors (Lipinski definition) is 4. The molecule has 0 radical (unpaired) electrons. The fourth-order valence-electron chi connectivity index (χ4n) is 2.70. The fourth-order valence-corrected chi connectivity index (χ4v) is 2.70. The minimum atomic E-state index is -4.91. The van der Waals surface area contributed by atoms with Gasteiger partial charge in [-0.3, -0.25) is 4.79 Å². The van der Waals surface area contributed by atoms with Gasteiger partial charge in [0.15, 0.2) is 0 Å². The highest BCUT2D eigenvalue weighted by atomic mass is 19.4. The van der Waals surface area contributed by atoms with Gasteiger partial charge in [-0.25, -0.2) is 0 Å². The highest BCUT2D eigenvalue weighted by molar-refractivity contribution is 5.98. The summed E-state index contributed by atoms with van der Waals surface area (Å²) in [6.07, 6.45) is -4.91. The first-order valence-corrected chi connectivity index (χ1v) is 7.80. The van der Waals surface area contributed by atoms with E-state index in [9.17, 15) is 18.0 Å². The number of benzene rings is 2. The second kappa shape index (κ2) is 6.44. The Morgan fingerprint density at radius 2 is 1.77 bits per heavy atom. The van der Waals surface area contributed by atoms with Crippen molar-refractivity contribution in [2.75, 3.05) is 13.7 Å². The van der Waals surface area contributed by atoms with Crippen molar-refractivity contribution in [2.45, 2.75) is 18.8 Å². The molecule has 1 aliphatic rings. The minimum absolute atomic E-state index is 0.00170. The van der Waals surface area contributed by atoms with Crippen molar-refractivity contribution in [3.63, 3.8) is 0 Å². The van der Waals surface area contributed by atoms with Gasteiger partial charge in [0.1, 0.15) is 17.2 Å². The van der Waals surface area contributed by atoms with E-state index >= 15 is 0 Å². The summed E-state index contributed by atoms with van der Waals surface area (Å²) in [4.78, 5) is 12.4. The van der Waals surface area contributed by atoms with Crippen LogP contribution in [0.4, 0.5) is 13.2 Å². The van der Waals surface area contributed by atoms with Gasteiger partial charge in [-0.15, -0.1) is 0 Å². The molecule has 1 heterocycles. The maximum atomic E-state index is 14.0. The van der Waals surface area contributed by atoms with Gasteiger partial charge in [0.25, 0.3) is 5.91 Å². The summed E-state index contributed by atoms with van der Waals surface area (Å²) in [7, 11) is 1.40. The molecule has 1 atom stereocenters. The van der Waals surface area contributed by atoms with Crippen LogP contribution in [0.3, 0.4) is 0 Å². The fraction of sp³-hybridized carbons (Fsp3) is 0.278. The average Bonchev–Trinajstić information content (AvgIpc) is 2.60. The third-order valence-electron chi connectivity index (χ3n) is 3.96. The van der Waals surface area contributed by atoms with E-state index in [1.54, 1.807) is 6.92 Å². The van der Waals surface area contributed by atoms with Crippen molar-refractivity contribution in [3.05, 3.63) is 53.6 Å². The smallest absolute Gasteiger partial charge is 0.453 e. The van der Waals surface area contributed by atoms with Gasteiger partial charge in [0.2, 0.25) is 0 Å². The van der Waals surface area contributed by atoms with Crippen LogP contribution in [0.2, 0.25) is 0 Å². The Hall–Kier alpha value is -2.90. The lowest BCUT2D eigenvalue weighted by Gasteiger charge is -2.40. The number of fused-ring (bicyclic) bond motifs is 1. The first-order chi connectivity index (χ1) is 12.3. The van der Waals surface area contributed by atoms with Crippen LogP contribution in [0, 0.1) is 0 Å². The molecule has 0 spiro atoms. The summed E-state index contributed by atoms with van der Waals surface area (Å²) >= 11 is 0. The third-order valence-corrected chi connectivity index (χ3v) is 3.96. The topological polar surface area (TPSA) is 56.8 Å². The molecule has 138 valence electrons. The summed E-state index contributed by atoms with van der Waals surface area (Å²) in [5, 5.41) is 1.96. The van der Waals surface area contributed by atoms with Crippen molar-refractivity contribution < 1.29 is 32.2 Å². The molecule has 5 nitrogen and oxygen atoms in total. The van der Waals surface area contributed by atoms with Crippen LogP contribution in [0.25, 0.3) is 0 Å². The molecular formula is C18H16F3NO4. The summed E-state index contributed by atoms with van der Waals surface area (Å²) < 4.78 is 57.5. The molecule has 26 heavy (non-hydrogen) atoms. The van der Waals surface area contributed by atoms with E-state index < -0.39 is 17.8 Å². The lowest BCUT2D eigenvalue weighted by molar-refractivity contribution is -0.265. The average molecular weight is 367 g/mol. The summed E-state index contributed by atoms with van der Waals surface area (Å²) in [6, 6.07) is 9.27. The molecule has 0 aliphatic carbocycles. The summed E-state index contributed by atoms with van der Waals surface area (Å²) in [5.74, 6) is -0.394. The van der Waals surface area contributed by atoms with Gasteiger partial charge in [0, 0.05) is 11.6 Å². The first-order valence-electron chi connectivity index (χ1n) is 7.80. The molecule has 1 N–H and O–H groups in total. The monoisotopic (exact) mass is 367 g/mol. The number of hydrogen-bond donors (Lipinski definition) is 1. The van der Waals surface area contributed by atoms with Crippen molar-refractivity contribution in [2.24, 2.45) is 0 Å². The van der Waals surface area contributed by atoms with E-state index in [-0.39, 0.29) is 16.9 Å². The van der Waals surface area contributed by atoms with Crippen LogP contribution < -0.4 is 19.5 Å². The van der Waals surface area contributed by atoms with Crippen LogP contribution in [0.5, 0.6) is 17.2 Å². The zero-order valence-electron chi connectivity index (χ0n) is 14.0. The van der Waals surface area contributed by atoms with Gasteiger partial charge < -0.3 is 19.5 Å². The molecule has 3 rings (SSSR count). The molecular weight excluding hydrogens is 351 g/mol. The number of carbonyl (C=O) groups excluding carboxylic acids is 1. The molecule has 8 heteroatoms. The second-order valence-electron chi connectivity index (χ2n) is 5.55. The van der Waals surface area contributed by atoms with Crippen LogP contribution in [0.1, 0.15) is 22.8 Å². The van der Waals surface area contributed by atoms with E-state index in [1.165, 1.54) is 49.6 Å². The maximum absolute atomic E-state index is 14.0. The number of alkyl halides is 3. The molecule has 0 unspecified atom stereocenters. The minimum Gasteiger partial charge on any atom is -0.497 e. The molecule has 0 saturated heterocycles. The number of amides is 1. The number of carbonyl (C=O) groups is 1. The molecule has 2 aromatic rings. The molecule has 1 aliphatic heterocycles. The lowest BCUT2D eigenvalue weighted by Crippen LogP contribution is -2.62. The Balaban J connectivity index is 2.11. The number of ether oxygens (including phenoxy) is 3. The Kier molecular flexibility index (Phi) is 4.43. The van der Waals surface area contributed by atoms with Crippen LogP contribution in [-0.4, -0.2) is 25.8 Å². The standard InChI is InChI=1S/C18H16F3NO4/c1-3-25-13-8-9-14-15(10-13)26-17(18(19,20)21,22-16(14)23)11-4-6-12(24-2)7-5-11/h4-10H,3H2,1-2H3,(H,22,23)/t17-/m1/s1. The highest BCUT2D eigenvalue weighted by Crippen LogP contribution is 2.45. The number of methoxy groups -OCH3 is 1. The zero-order chi connectivity index (χ0) is 18.9. The van der Waals surface area contributed by atoms with Crippen molar-refractivity contribution >= 4 is 5.91 Å². The van der Waals surface area contributed by atoms with Crippen LogP contribution in [-0.2, 0) is 5.72 Å². The first kappa shape index (κ1) is 17.9. The SMILES string of the molecule is CCOc1ccc2c(c1)O[C@](c1ccc(OC)cc1)(C(F)(F)F)NC2=O. The van der Waals surface area contributed by atoms with Gasteiger partial charge in [-0.05, 0) is 43.3 Å². The van der Waals surface area contributed by atoms with Crippen molar-refractivity contribution in [3.8, 4) is 17.2 Å². The molecule has 2 aromatic carbocycles. The van der Waals surface area contributed by atoms with E-state index in [4.69, 9.17) is 14.2 Å². The lowest BCUT2D eigenvalue weighted by atomic mass is 9.98. The predicted octanol–water partition coefficient (Wildman–Crippen LogP) is 3.63. The highest BCUT2D eigenvalue weighted by Gasteiger charge is 2.62. The Labute approximate surface area is 147 Å². The predicted molar refractivity (Wildman–Crippen MR) is 86.4 cm³/mol. The number of rotatable bonds is 4. The normalized spacial score (nSPS) is 19.2. The van der Waals surface area contributed by atoms with Crippen LogP contribution >= 0.6 is 0 Å². The zero-order valence-corrected chi connectivity index (χ0v) is 14.0. The van der Waals surface area contributed by atoms with E-state index in [2.05, 4.69) is 0 Å². The van der Waals surface area contributed by atoms with Gasteiger partial charge in [0.05, 0.1) is 19.3 Å². The third kappa shape index (κ3) is 2.91. The summed E-state index contributed by atoms with van der Waals surface area (Å²) in [5.41, 5.74) is -3.28. The van der Waals surface area contributed by atoms with Crippen molar-refractivity contribution in [1.29, 1.82) is 0 Å². The van der Waals surface area contributed by atoms with Crippen molar-refractivity contribution in [1.82, 2.24) is 5.32 Å². The van der Waals surface area contributed by atoms with E-state index in [0.29, 0.717) is 18.1 Å². The molecule has 0 bridgehead atoms. The number of nitrogens with one attached hydrogen (secondary N) is 1. The second-order valence-corrected chi connectivity index (χ2v) is 5.55. The molecule has 1 amide bonds. The van der Waals surface area contributed by atoms with Gasteiger partial charge in [-0.2, -0.15) is 13.2 Å². The number of halogens is 3. The van der Waals surface area contributed by atoms with Gasteiger partial charge >= 0.3 is 11.9 Å². The quantitative estimate of drug-likeness (QED) is 0.897. The van der Waals surface area contributed by atoms with Gasteiger partial charge in [-0.1, -0.05) is 0 Å². The maximum Gasteiger partial charge on any atom is 0.453 e. The Morgan fingerprint density at radius 3 is 2.35 bits per heavy atom. The molecule has 0 aromatic heterocycles. The Morgan fingerprint density at radius 1 is 1.12 bits per heavy atom. The summed E-state index contributed by atoms with van der Waals surface area (Å²) in [6.45, 7) is 2.07. The molecule has 0 saturated carbocycles. The van der Waals surface area contributed by atoms with Crippen LogP contribution in [0.15, 0.2) is 42.5 Å². The van der Waals surface area contributed by atoms with E-state index in [1.807, 2.05) is 5.32 Å².